The Balaban J connectivity index is 1.82. The number of rotatable bonds is 10. The Hall–Kier alpha value is -4.40. The first-order valence-corrected chi connectivity index (χ1v) is 15.9. The molecule has 2 aromatic rings. The molecule has 46 heavy (non-hydrogen) atoms. The van der Waals surface area contributed by atoms with Crippen molar-refractivity contribution in [2.24, 2.45) is 11.7 Å². The van der Waals surface area contributed by atoms with Crippen LogP contribution in [0.25, 0.3) is 0 Å². The van der Waals surface area contributed by atoms with Crippen LogP contribution in [-0.2, 0) is 22.4 Å². The molecule has 1 fully saturated rings. The van der Waals surface area contributed by atoms with Crippen molar-refractivity contribution in [1.82, 2.24) is 19.7 Å². The molecule has 0 saturated carbocycles. The molecule has 1 aromatic heterocycles. The Bertz CT molecular complexity index is 1410. The number of nitrogens with two attached hydrogens (primary N) is 1. The molecule has 0 atom stereocenters. The largest absolute Gasteiger partial charge is 0.465 e. The highest BCUT2D eigenvalue weighted by atomic mass is 32.1. The maximum absolute atomic E-state index is 13.5. The van der Waals surface area contributed by atoms with Gasteiger partial charge in [0.25, 0.3) is 5.91 Å². The number of aryl methyl sites for hydroxylation is 2. The minimum absolute atomic E-state index is 0.207. The number of hydrogen-bond donors (Lipinski definition) is 5. The molecule has 0 unspecified atom stereocenters. The SMILES string of the molecule is CC(=O)Nc1nc(CCc2ccc(NC(N(C(=O)O)C(C)(C)C)N(C(=O)O)C(C)(C)C)cc2)c(C(=O)N2CCC(C(N)=O)CC2)s1. The normalized spacial score (nSPS) is 14.1. The first-order valence-electron chi connectivity index (χ1n) is 15.1. The van der Waals surface area contributed by atoms with Gasteiger partial charge in [0, 0.05) is 42.7 Å². The molecule has 1 saturated heterocycles. The lowest BCUT2D eigenvalue weighted by atomic mass is 9.96. The quantitative estimate of drug-likeness (QED) is 0.228. The number of thiazole rings is 1. The van der Waals surface area contributed by atoms with Gasteiger partial charge in [0.05, 0.1) is 5.69 Å². The molecule has 1 aliphatic heterocycles. The van der Waals surface area contributed by atoms with Crippen molar-refractivity contribution in [2.45, 2.75) is 91.5 Å². The summed E-state index contributed by atoms with van der Waals surface area (Å²) in [4.78, 5) is 70.3. The number of amides is 5. The lowest BCUT2D eigenvalue weighted by molar-refractivity contribution is -0.123. The van der Waals surface area contributed by atoms with Crippen LogP contribution in [0, 0.1) is 5.92 Å². The summed E-state index contributed by atoms with van der Waals surface area (Å²) in [5.41, 5.74) is 5.53. The van der Waals surface area contributed by atoms with Gasteiger partial charge in [-0.2, -0.15) is 0 Å². The molecule has 252 valence electrons. The standard InChI is InChI=1S/C31H45N7O7S/c1-18(39)33-26-35-22(23(46-26)25(41)36-16-14-20(15-17-36)24(32)40)13-10-19-8-11-21(12-9-19)34-27(37(28(42)43)30(2,3)4)38(29(44)45)31(5,6)7/h8-9,11-12,20,27,34H,10,13-17H2,1-7H3,(H2,32,40)(H,42,43)(H,44,45)(H,33,35,39). The van der Waals surface area contributed by atoms with Gasteiger partial charge in [-0.25, -0.2) is 14.6 Å². The van der Waals surface area contributed by atoms with E-state index in [1.165, 1.54) is 6.92 Å². The van der Waals surface area contributed by atoms with E-state index in [2.05, 4.69) is 15.6 Å². The fourth-order valence-corrected chi connectivity index (χ4v) is 6.37. The van der Waals surface area contributed by atoms with Crippen LogP contribution in [-0.4, -0.2) is 90.3 Å². The smallest absolute Gasteiger partial charge is 0.410 e. The summed E-state index contributed by atoms with van der Waals surface area (Å²) in [6, 6.07) is 7.15. The number of nitrogens with zero attached hydrogens (tertiary/aromatic N) is 4. The number of carbonyl (C=O) groups is 5. The minimum atomic E-state index is -1.28. The summed E-state index contributed by atoms with van der Waals surface area (Å²) in [7, 11) is 0. The second-order valence-electron chi connectivity index (χ2n) is 13.3. The lowest BCUT2D eigenvalue weighted by Gasteiger charge is -2.48. The third kappa shape index (κ3) is 9.08. The zero-order valence-corrected chi connectivity index (χ0v) is 28.2. The van der Waals surface area contributed by atoms with E-state index in [0.717, 1.165) is 26.7 Å². The first-order chi connectivity index (χ1) is 21.3. The fourth-order valence-electron chi connectivity index (χ4n) is 5.34. The number of carbonyl (C=O) groups excluding carboxylic acids is 3. The summed E-state index contributed by atoms with van der Waals surface area (Å²) in [6.45, 7) is 12.3. The number of hydrogen-bond acceptors (Lipinski definition) is 8. The Kier molecular flexibility index (Phi) is 11.3. The van der Waals surface area contributed by atoms with Gasteiger partial charge in [0.1, 0.15) is 4.88 Å². The van der Waals surface area contributed by atoms with Gasteiger partial charge in [-0.05, 0) is 84.9 Å². The Morgan fingerprint density at radius 2 is 1.48 bits per heavy atom. The van der Waals surface area contributed by atoms with Crippen LogP contribution >= 0.6 is 11.3 Å². The van der Waals surface area contributed by atoms with Gasteiger partial charge in [0.15, 0.2) is 11.4 Å². The van der Waals surface area contributed by atoms with Crippen LogP contribution in [0.15, 0.2) is 24.3 Å². The van der Waals surface area contributed by atoms with Crippen LogP contribution in [0.5, 0.6) is 0 Å². The van der Waals surface area contributed by atoms with Crippen LogP contribution in [0.1, 0.15) is 82.2 Å². The number of primary amides is 1. The maximum Gasteiger partial charge on any atom is 0.410 e. The zero-order chi connectivity index (χ0) is 34.6. The van der Waals surface area contributed by atoms with Crippen LogP contribution in [0.3, 0.4) is 0 Å². The molecule has 5 amide bonds. The third-order valence-electron chi connectivity index (χ3n) is 7.61. The van der Waals surface area contributed by atoms with Crippen molar-refractivity contribution < 1.29 is 34.2 Å². The van der Waals surface area contributed by atoms with Crippen LogP contribution in [0.2, 0.25) is 0 Å². The molecule has 15 heteroatoms. The van der Waals surface area contributed by atoms with E-state index in [4.69, 9.17) is 5.73 Å². The molecule has 0 aliphatic carbocycles. The van der Waals surface area contributed by atoms with Crippen molar-refractivity contribution in [1.29, 1.82) is 0 Å². The van der Waals surface area contributed by atoms with Gasteiger partial charge in [-0.3, -0.25) is 24.2 Å². The highest BCUT2D eigenvalue weighted by molar-refractivity contribution is 7.17. The molecule has 6 N–H and O–H groups in total. The van der Waals surface area contributed by atoms with Gasteiger partial charge in [0.2, 0.25) is 11.8 Å². The lowest BCUT2D eigenvalue weighted by Crippen LogP contribution is -2.66. The Morgan fingerprint density at radius 1 is 0.957 bits per heavy atom. The number of benzene rings is 1. The Morgan fingerprint density at radius 3 is 1.91 bits per heavy atom. The number of likely N-dealkylation sites (tertiary alicyclic amines) is 1. The summed E-state index contributed by atoms with van der Waals surface area (Å²) in [6.07, 6.45) is -1.89. The van der Waals surface area contributed by atoms with E-state index in [1.54, 1.807) is 58.6 Å². The predicted molar refractivity (Wildman–Crippen MR) is 175 cm³/mol. The summed E-state index contributed by atoms with van der Waals surface area (Å²) in [5, 5.41) is 26.3. The summed E-state index contributed by atoms with van der Waals surface area (Å²) < 4.78 is 0. The predicted octanol–water partition coefficient (Wildman–Crippen LogP) is 4.48. The number of aromatic nitrogens is 1. The van der Waals surface area contributed by atoms with Crippen molar-refractivity contribution >= 4 is 52.1 Å². The molecule has 0 spiro atoms. The van der Waals surface area contributed by atoms with Crippen LogP contribution in [0.4, 0.5) is 20.4 Å². The number of anilines is 2. The van der Waals surface area contributed by atoms with E-state index < -0.39 is 29.6 Å². The Labute approximate surface area is 272 Å². The number of piperidine rings is 1. The molecule has 0 radical (unpaired) electrons. The van der Waals surface area contributed by atoms with E-state index in [-0.39, 0.29) is 23.6 Å². The van der Waals surface area contributed by atoms with E-state index in [0.29, 0.717) is 60.2 Å². The highest BCUT2D eigenvalue weighted by Gasteiger charge is 2.43. The van der Waals surface area contributed by atoms with Crippen LogP contribution < -0.4 is 16.4 Å². The molecule has 14 nitrogen and oxygen atoms in total. The van der Waals surface area contributed by atoms with Gasteiger partial charge < -0.3 is 31.5 Å². The molecule has 1 aromatic carbocycles. The van der Waals surface area contributed by atoms with E-state index in [9.17, 15) is 34.2 Å². The van der Waals surface area contributed by atoms with Crippen molar-refractivity contribution in [3.8, 4) is 0 Å². The van der Waals surface area contributed by atoms with E-state index >= 15 is 0 Å². The van der Waals surface area contributed by atoms with Gasteiger partial charge >= 0.3 is 12.2 Å². The zero-order valence-electron chi connectivity index (χ0n) is 27.4. The average molecular weight is 660 g/mol. The molecule has 0 bridgehead atoms. The van der Waals surface area contributed by atoms with Crippen molar-refractivity contribution in [3.63, 3.8) is 0 Å². The van der Waals surface area contributed by atoms with Crippen molar-refractivity contribution in [2.75, 3.05) is 23.7 Å². The number of carboxylic acid groups (broad SMARTS) is 2. The second-order valence-corrected chi connectivity index (χ2v) is 14.3. The molecule has 2 heterocycles. The second kappa shape index (κ2) is 14.4. The average Bonchev–Trinajstić information content (AvgIpc) is 3.32. The molecule has 3 rings (SSSR count). The van der Waals surface area contributed by atoms with E-state index in [1.807, 2.05) is 12.1 Å². The summed E-state index contributed by atoms with van der Waals surface area (Å²) >= 11 is 1.11. The monoisotopic (exact) mass is 659 g/mol. The minimum Gasteiger partial charge on any atom is -0.465 e. The van der Waals surface area contributed by atoms with Gasteiger partial charge in [-0.1, -0.05) is 23.5 Å². The first kappa shape index (κ1) is 36.1. The topological polar surface area (TPSA) is 198 Å². The summed E-state index contributed by atoms with van der Waals surface area (Å²) in [5.74, 6) is -1.13. The highest BCUT2D eigenvalue weighted by Crippen LogP contribution is 2.30. The molecular formula is C31H45N7O7S. The molecular weight excluding hydrogens is 614 g/mol. The van der Waals surface area contributed by atoms with Crippen molar-refractivity contribution in [3.05, 3.63) is 40.4 Å². The number of nitrogens with one attached hydrogen (secondary N) is 2. The molecule has 1 aliphatic rings. The van der Waals surface area contributed by atoms with Gasteiger partial charge in [-0.15, -0.1) is 0 Å². The third-order valence-corrected chi connectivity index (χ3v) is 8.61. The maximum atomic E-state index is 13.5. The fraction of sp³-hybridized carbons (Fsp3) is 0.548.